The second kappa shape index (κ2) is 8.00. The highest BCUT2D eigenvalue weighted by Crippen LogP contribution is 2.73. The highest BCUT2D eigenvalue weighted by Gasteiger charge is 2.65. The van der Waals surface area contributed by atoms with Crippen LogP contribution in [0.3, 0.4) is 0 Å². The minimum atomic E-state index is -0.177. The summed E-state index contributed by atoms with van der Waals surface area (Å²) >= 11 is 0. The molecule has 0 unspecified atom stereocenters. The molecule has 0 radical (unpaired) electrons. The first-order valence-corrected chi connectivity index (χ1v) is 13.8. The third kappa shape index (κ3) is 3.34. The molecule has 4 rings (SSSR count). The van der Waals surface area contributed by atoms with Crippen LogP contribution in [0.2, 0.25) is 0 Å². The van der Waals surface area contributed by atoms with Gasteiger partial charge in [-0.2, -0.15) is 0 Å². The Bertz CT molecular complexity index is 797. The minimum Gasteiger partial charge on any atom is -0.392 e. The van der Waals surface area contributed by atoms with Gasteiger partial charge in [-0.05, 0) is 118 Å². The van der Waals surface area contributed by atoms with Gasteiger partial charge in [-0.1, -0.05) is 64.3 Å². The second-order valence-corrected chi connectivity index (χ2v) is 14.1. The molecule has 0 aromatic heterocycles. The predicted molar refractivity (Wildman–Crippen MR) is 137 cm³/mol. The molecule has 1 heteroatoms. The van der Waals surface area contributed by atoms with Crippen molar-refractivity contribution in [2.45, 2.75) is 126 Å². The molecule has 0 amide bonds. The fourth-order valence-electron chi connectivity index (χ4n) is 9.63. The van der Waals surface area contributed by atoms with E-state index < -0.39 is 0 Å². The zero-order valence-electron chi connectivity index (χ0n) is 22.8. The van der Waals surface area contributed by atoms with Crippen molar-refractivity contribution in [3.63, 3.8) is 0 Å². The Kier molecular flexibility index (Phi) is 6.14. The molecule has 4 aliphatic carbocycles. The topological polar surface area (TPSA) is 20.2 Å². The van der Waals surface area contributed by atoms with Crippen LogP contribution in [-0.2, 0) is 0 Å². The van der Waals surface area contributed by atoms with Gasteiger partial charge < -0.3 is 5.11 Å². The van der Waals surface area contributed by atoms with Crippen LogP contribution in [0.4, 0.5) is 0 Å². The van der Waals surface area contributed by atoms with Gasteiger partial charge >= 0.3 is 0 Å². The number of hydrogen-bond acceptors (Lipinski definition) is 1. The molecule has 4 aliphatic rings. The normalized spacial score (nSPS) is 45.9. The summed E-state index contributed by atoms with van der Waals surface area (Å²) in [5.74, 6) is 3.31. The largest absolute Gasteiger partial charge is 0.392 e. The molecule has 0 aliphatic heterocycles. The number of aliphatic hydroxyl groups is 1. The van der Waals surface area contributed by atoms with Crippen molar-refractivity contribution >= 4 is 0 Å². The van der Waals surface area contributed by atoms with Gasteiger partial charge in [-0.25, -0.2) is 0 Å². The third-order valence-corrected chi connectivity index (χ3v) is 12.4. The van der Waals surface area contributed by atoms with E-state index >= 15 is 0 Å². The summed E-state index contributed by atoms with van der Waals surface area (Å²) in [6, 6.07) is 0. The molecule has 1 nitrogen and oxygen atoms in total. The van der Waals surface area contributed by atoms with Gasteiger partial charge in [0.1, 0.15) is 0 Å². The maximum absolute atomic E-state index is 10.8. The van der Waals surface area contributed by atoms with Gasteiger partial charge in [-0.15, -0.1) is 0 Å². The van der Waals surface area contributed by atoms with Crippen molar-refractivity contribution < 1.29 is 5.11 Å². The molecular weight excluding hydrogens is 388 g/mol. The van der Waals surface area contributed by atoms with E-state index in [9.17, 15) is 5.11 Å². The minimum absolute atomic E-state index is 0.0604. The predicted octanol–water partition coefficient (Wildman–Crippen LogP) is 8.73. The van der Waals surface area contributed by atoms with Gasteiger partial charge in [-0.3, -0.25) is 0 Å². The zero-order valence-corrected chi connectivity index (χ0v) is 22.8. The first-order chi connectivity index (χ1) is 14.8. The molecule has 0 heterocycles. The summed E-state index contributed by atoms with van der Waals surface area (Å²) < 4.78 is 0. The average Bonchev–Trinajstić information content (AvgIpc) is 3.00. The van der Waals surface area contributed by atoms with Crippen molar-refractivity contribution in [3.8, 4) is 0 Å². The highest BCUT2D eigenvalue weighted by atomic mass is 16.3. The van der Waals surface area contributed by atoms with Gasteiger partial charge in [0, 0.05) is 5.41 Å². The van der Waals surface area contributed by atoms with E-state index in [1.165, 1.54) is 56.9 Å². The molecule has 3 fully saturated rings. The summed E-state index contributed by atoms with van der Waals surface area (Å²) in [6.45, 7) is 22.0. The molecule has 3 saturated carbocycles. The molecule has 0 spiro atoms. The lowest BCUT2D eigenvalue weighted by Crippen LogP contribution is -2.57. The zero-order chi connectivity index (χ0) is 23.7. The standard InChI is InChI=1S/C31H52O/c1-20(2)21(3)10-11-22(4)23-14-18-31(9)25-12-13-26-28(5,6)27(32)16-17-29(26,7)24(25)15-19-30(23,31)8/h13,22-25,27,32H,10-12,14-19H2,1-9H3/t22-,23+,24-,25+,27-,29+,30-,31+/m0/s1. The second-order valence-electron chi connectivity index (χ2n) is 14.1. The number of rotatable bonds is 4. The molecule has 0 saturated heterocycles. The summed E-state index contributed by atoms with van der Waals surface area (Å²) in [5, 5.41) is 10.8. The molecule has 8 atom stereocenters. The van der Waals surface area contributed by atoms with Gasteiger partial charge in [0.05, 0.1) is 6.10 Å². The van der Waals surface area contributed by atoms with Crippen LogP contribution in [0.15, 0.2) is 22.8 Å². The summed E-state index contributed by atoms with van der Waals surface area (Å²) in [5.41, 5.74) is 5.89. The Morgan fingerprint density at radius 1 is 0.938 bits per heavy atom. The Morgan fingerprint density at radius 3 is 2.25 bits per heavy atom. The third-order valence-electron chi connectivity index (χ3n) is 12.4. The van der Waals surface area contributed by atoms with Crippen molar-refractivity contribution in [1.29, 1.82) is 0 Å². The smallest absolute Gasteiger partial charge is 0.0628 e. The molecule has 0 bridgehead atoms. The first-order valence-electron chi connectivity index (χ1n) is 13.8. The maximum atomic E-state index is 10.8. The Morgan fingerprint density at radius 2 is 1.59 bits per heavy atom. The number of fused-ring (bicyclic) bond motifs is 5. The molecule has 0 aromatic rings. The SMILES string of the molecule is CC(C)=C(C)CC[C@H](C)[C@H]1CC[C@]2(C)[C@@H]3CC=C4C(C)(C)[C@@H](O)CC[C@]4(C)[C@H]3CC[C@@]12C. The molecule has 0 aromatic carbocycles. The fourth-order valence-corrected chi connectivity index (χ4v) is 9.63. The molecule has 32 heavy (non-hydrogen) atoms. The molecule has 182 valence electrons. The van der Waals surface area contributed by atoms with Crippen molar-refractivity contribution in [1.82, 2.24) is 0 Å². The van der Waals surface area contributed by atoms with E-state index in [2.05, 4.69) is 68.4 Å². The van der Waals surface area contributed by atoms with E-state index in [-0.39, 0.29) is 11.5 Å². The Labute approximate surface area is 199 Å². The van der Waals surface area contributed by atoms with Gasteiger partial charge in [0.15, 0.2) is 0 Å². The van der Waals surface area contributed by atoms with Crippen LogP contribution in [0.5, 0.6) is 0 Å². The Balaban J connectivity index is 1.61. The van der Waals surface area contributed by atoms with E-state index in [0.29, 0.717) is 16.2 Å². The number of aliphatic hydroxyl groups excluding tert-OH is 1. The van der Waals surface area contributed by atoms with Crippen LogP contribution in [0.25, 0.3) is 0 Å². The van der Waals surface area contributed by atoms with Crippen LogP contribution in [0, 0.1) is 45.3 Å². The van der Waals surface area contributed by atoms with Crippen LogP contribution in [0.1, 0.15) is 120 Å². The first kappa shape index (κ1) is 24.6. The quantitative estimate of drug-likeness (QED) is 0.433. The van der Waals surface area contributed by atoms with Crippen molar-refractivity contribution in [2.24, 2.45) is 45.3 Å². The van der Waals surface area contributed by atoms with Gasteiger partial charge in [0.25, 0.3) is 0 Å². The highest BCUT2D eigenvalue weighted by molar-refractivity contribution is 5.32. The lowest BCUT2D eigenvalue weighted by molar-refractivity contribution is -0.124. The van der Waals surface area contributed by atoms with E-state index in [0.717, 1.165) is 30.1 Å². The maximum Gasteiger partial charge on any atom is 0.0628 e. The summed E-state index contributed by atoms with van der Waals surface area (Å²) in [6.07, 6.45) is 14.1. The van der Waals surface area contributed by atoms with E-state index in [1.54, 1.807) is 11.1 Å². The lowest BCUT2D eigenvalue weighted by atomic mass is 9.40. The van der Waals surface area contributed by atoms with Crippen LogP contribution < -0.4 is 0 Å². The molecule has 1 N–H and O–H groups in total. The monoisotopic (exact) mass is 440 g/mol. The number of hydrogen-bond donors (Lipinski definition) is 1. The number of allylic oxidation sites excluding steroid dienone is 3. The summed E-state index contributed by atoms with van der Waals surface area (Å²) in [7, 11) is 0. The Hall–Kier alpha value is -0.560. The van der Waals surface area contributed by atoms with Crippen LogP contribution in [-0.4, -0.2) is 11.2 Å². The van der Waals surface area contributed by atoms with Crippen molar-refractivity contribution in [2.75, 3.05) is 0 Å². The van der Waals surface area contributed by atoms with Crippen LogP contribution >= 0.6 is 0 Å². The average molecular weight is 441 g/mol. The van der Waals surface area contributed by atoms with E-state index in [1.807, 2.05) is 0 Å². The van der Waals surface area contributed by atoms with Crippen molar-refractivity contribution in [3.05, 3.63) is 22.8 Å². The molecular formula is C31H52O. The summed E-state index contributed by atoms with van der Waals surface area (Å²) in [4.78, 5) is 0. The fraction of sp³-hybridized carbons (Fsp3) is 0.871. The van der Waals surface area contributed by atoms with Gasteiger partial charge in [0.2, 0.25) is 0 Å². The van der Waals surface area contributed by atoms with E-state index in [4.69, 9.17) is 0 Å². The lowest BCUT2D eigenvalue weighted by Gasteiger charge is -2.64.